The molecule has 2 aromatic carbocycles. The molecule has 3 saturated heterocycles. The third kappa shape index (κ3) is 21.5. The van der Waals surface area contributed by atoms with Crippen LogP contribution in [0.3, 0.4) is 0 Å². The molecule has 3 aliphatic heterocycles. The van der Waals surface area contributed by atoms with E-state index in [-0.39, 0.29) is 89.1 Å². The van der Waals surface area contributed by atoms with Gasteiger partial charge in [-0.05, 0) is 92.6 Å². The van der Waals surface area contributed by atoms with Crippen LogP contribution >= 0.6 is 11.8 Å². The van der Waals surface area contributed by atoms with Crippen molar-refractivity contribution in [2.24, 2.45) is 11.7 Å². The number of aliphatic hydroxyl groups is 2. The number of aliphatic hydroxyl groups excluding tert-OH is 2. The lowest BCUT2D eigenvalue weighted by molar-refractivity contribution is -0.149. The first-order valence-corrected chi connectivity index (χ1v) is 33.6. The molecule has 3 aliphatic rings. The normalized spacial score (nSPS) is 18.5. The molecule has 3 fully saturated rings. The molecule has 0 aliphatic carbocycles. The lowest BCUT2D eigenvalue weighted by atomic mass is 10.0. The summed E-state index contributed by atoms with van der Waals surface area (Å²) in [5, 5.41) is 61.2. The minimum absolute atomic E-state index is 0.0116. The van der Waals surface area contributed by atoms with Crippen molar-refractivity contribution in [2.75, 3.05) is 51.4 Å². The van der Waals surface area contributed by atoms with Crippen molar-refractivity contribution in [1.82, 2.24) is 77.2 Å². The standard InChI is InChI=1S/C64H88N16O16S/c1-36(2)24-47(61(92)80-22-9-14-52(80)64(95)96)71-53(84)31-68-59(90)50-12-7-20-78(50)62(93)48(28-40-30-67-35-70-40)76-55(86)43(19-23-97-3)72-60(91)51-13-8-21-79(51)63(94)49(33-82)77-58(89)46(27-39-29-66-34-69-39)75-57(88)45(25-37-10-5-4-6-11-37)74-56(87)44(73-54(85)42(65)32-81)26-38-15-17-41(83)18-16-38/h4-6,10-11,15-18,29-30,34-36,42-52,81-83H,7-9,12-14,19-28,31-33,65H2,1-3H3,(H,66,69)(H,67,70)(H,68,90)(H,71,84)(H,72,91)(H,73,85)(H,74,87)(H,75,88)(H,76,86)(H,77,89)(H,95,96)/t42-,43-,44-,45-,46-,47-,48-,49-,50-,51-,52-/m0/s1. The third-order valence-corrected chi connectivity index (χ3v) is 17.6. The molecule has 11 atom stereocenters. The van der Waals surface area contributed by atoms with E-state index in [0.717, 1.165) is 4.90 Å². The average Bonchev–Trinajstić information content (AvgIpc) is 1.76. The van der Waals surface area contributed by atoms with Crippen LogP contribution in [-0.2, 0) is 83.2 Å². The van der Waals surface area contributed by atoms with Crippen LogP contribution in [0.2, 0.25) is 0 Å². The van der Waals surface area contributed by atoms with Crippen molar-refractivity contribution in [3.8, 4) is 5.75 Å². The summed E-state index contributed by atoms with van der Waals surface area (Å²) in [6, 6.07) is -0.0875. The summed E-state index contributed by atoms with van der Waals surface area (Å²) in [5.41, 5.74) is 7.65. The molecular weight excluding hydrogens is 1280 g/mol. The summed E-state index contributed by atoms with van der Waals surface area (Å²) in [6.45, 7) is 1.71. The van der Waals surface area contributed by atoms with E-state index in [1.807, 2.05) is 13.8 Å². The number of rotatable bonds is 35. The number of carboxylic acid groups (broad SMARTS) is 1. The van der Waals surface area contributed by atoms with E-state index in [0.29, 0.717) is 47.5 Å². The maximum atomic E-state index is 14.7. The van der Waals surface area contributed by atoms with Gasteiger partial charge in [0.05, 0.1) is 32.4 Å². The van der Waals surface area contributed by atoms with Crippen molar-refractivity contribution in [1.29, 1.82) is 0 Å². The van der Waals surface area contributed by atoms with Crippen molar-refractivity contribution in [2.45, 2.75) is 157 Å². The Hall–Kier alpha value is -9.47. The van der Waals surface area contributed by atoms with Gasteiger partial charge >= 0.3 is 5.97 Å². The molecule has 11 amide bonds. The molecule has 97 heavy (non-hydrogen) atoms. The fourth-order valence-electron chi connectivity index (χ4n) is 11.9. The van der Waals surface area contributed by atoms with Crippen LogP contribution < -0.4 is 48.3 Å². The maximum Gasteiger partial charge on any atom is 0.326 e. The number of nitrogens with zero attached hydrogens (tertiary/aromatic N) is 5. The smallest absolute Gasteiger partial charge is 0.326 e. The number of carbonyl (C=O) groups is 12. The lowest BCUT2D eigenvalue weighted by Crippen LogP contribution is -2.61. The second kappa shape index (κ2) is 36.6. The van der Waals surface area contributed by atoms with Gasteiger partial charge in [0.15, 0.2) is 0 Å². The van der Waals surface area contributed by atoms with E-state index >= 15 is 0 Å². The number of benzene rings is 2. The molecule has 7 rings (SSSR count). The Balaban J connectivity index is 1.02. The first-order chi connectivity index (χ1) is 46.5. The minimum Gasteiger partial charge on any atom is -0.508 e. The van der Waals surface area contributed by atoms with Crippen LogP contribution in [0.15, 0.2) is 79.6 Å². The van der Waals surface area contributed by atoms with Gasteiger partial charge in [0, 0.05) is 69.1 Å². The molecule has 526 valence electrons. The highest BCUT2D eigenvalue weighted by atomic mass is 32.2. The van der Waals surface area contributed by atoms with Gasteiger partial charge in [-0.1, -0.05) is 56.3 Å². The number of thioether (sulfide) groups is 1. The van der Waals surface area contributed by atoms with E-state index in [4.69, 9.17) is 5.73 Å². The monoisotopic (exact) mass is 1370 g/mol. The first kappa shape index (κ1) is 74.9. The number of likely N-dealkylation sites (tertiary alicyclic amines) is 3. The highest BCUT2D eigenvalue weighted by Gasteiger charge is 2.43. The number of carboxylic acids is 1. The zero-order chi connectivity index (χ0) is 70.3. The first-order valence-electron chi connectivity index (χ1n) is 32.2. The Bertz CT molecular complexity index is 3350. The summed E-state index contributed by atoms with van der Waals surface area (Å²) in [7, 11) is 0. The predicted octanol–water partition coefficient (Wildman–Crippen LogP) is -3.21. The molecule has 2 aromatic heterocycles. The molecule has 4 aromatic rings. The number of aromatic hydroxyl groups is 1. The summed E-state index contributed by atoms with van der Waals surface area (Å²) in [6.07, 6.45) is 8.67. The number of phenolic OH excluding ortho intramolecular Hbond substituents is 1. The molecular formula is C64H88N16O16S. The highest BCUT2D eigenvalue weighted by molar-refractivity contribution is 7.98. The van der Waals surface area contributed by atoms with Crippen LogP contribution in [0.4, 0.5) is 0 Å². The predicted molar refractivity (Wildman–Crippen MR) is 350 cm³/mol. The van der Waals surface area contributed by atoms with Gasteiger partial charge < -0.3 is 93.4 Å². The van der Waals surface area contributed by atoms with Crippen LogP contribution in [-0.4, -0.2) is 244 Å². The Labute approximate surface area is 563 Å². The van der Waals surface area contributed by atoms with Crippen LogP contribution in [0, 0.1) is 5.92 Å². The maximum absolute atomic E-state index is 14.7. The van der Waals surface area contributed by atoms with Crippen molar-refractivity contribution >= 4 is 82.7 Å². The number of imidazole rings is 2. The van der Waals surface area contributed by atoms with Gasteiger partial charge in [0.2, 0.25) is 65.0 Å². The topological polar surface area (TPSA) is 475 Å². The molecule has 32 nitrogen and oxygen atoms in total. The summed E-state index contributed by atoms with van der Waals surface area (Å²) in [5.74, 6) is -9.50. The molecule has 0 bridgehead atoms. The van der Waals surface area contributed by atoms with Crippen LogP contribution in [0.5, 0.6) is 5.75 Å². The largest absolute Gasteiger partial charge is 0.508 e. The number of aromatic amines is 2. The van der Waals surface area contributed by atoms with Crippen LogP contribution in [0.1, 0.15) is 87.7 Å². The van der Waals surface area contributed by atoms with E-state index in [1.54, 1.807) is 36.6 Å². The molecule has 0 unspecified atom stereocenters. The van der Waals surface area contributed by atoms with E-state index in [1.165, 1.54) is 70.9 Å². The van der Waals surface area contributed by atoms with Gasteiger partial charge in [-0.15, -0.1) is 0 Å². The van der Waals surface area contributed by atoms with Crippen molar-refractivity contribution in [3.63, 3.8) is 0 Å². The molecule has 33 heteroatoms. The number of nitrogens with two attached hydrogens (primary N) is 1. The highest BCUT2D eigenvalue weighted by Crippen LogP contribution is 2.24. The van der Waals surface area contributed by atoms with E-state index < -0.39 is 157 Å². The average molecular weight is 1370 g/mol. The van der Waals surface area contributed by atoms with Gasteiger partial charge in [0.25, 0.3) is 0 Å². The molecule has 0 saturated carbocycles. The number of amides is 11. The lowest BCUT2D eigenvalue weighted by Gasteiger charge is -2.31. The third-order valence-electron chi connectivity index (χ3n) is 17.0. The number of aromatic nitrogens is 4. The number of hydrogen-bond donors (Lipinski definition) is 15. The Morgan fingerprint density at radius 1 is 0.557 bits per heavy atom. The molecule has 16 N–H and O–H groups in total. The Morgan fingerprint density at radius 3 is 1.54 bits per heavy atom. The van der Waals surface area contributed by atoms with Gasteiger partial charge in [-0.3, -0.25) is 52.7 Å². The summed E-state index contributed by atoms with van der Waals surface area (Å²) >= 11 is 1.37. The fraction of sp³-hybridized carbons (Fsp3) is 0.531. The van der Waals surface area contributed by atoms with Gasteiger partial charge in [-0.2, -0.15) is 11.8 Å². The number of phenols is 1. The van der Waals surface area contributed by atoms with E-state index in [2.05, 4.69) is 62.5 Å². The molecule has 0 radical (unpaired) electrons. The fourth-order valence-corrected chi connectivity index (χ4v) is 12.4. The summed E-state index contributed by atoms with van der Waals surface area (Å²) in [4.78, 5) is 185. The second-order valence-corrected chi connectivity index (χ2v) is 25.6. The zero-order valence-electron chi connectivity index (χ0n) is 54.3. The Kier molecular flexibility index (Phi) is 28.3. The number of carbonyl (C=O) groups excluding carboxylic acids is 11. The number of aliphatic carboxylic acids is 1. The quantitative estimate of drug-likeness (QED) is 0.0216. The summed E-state index contributed by atoms with van der Waals surface area (Å²) < 4.78 is 0. The number of H-pyrrole nitrogens is 2. The number of hydrogen-bond acceptors (Lipinski definition) is 19. The van der Waals surface area contributed by atoms with Crippen molar-refractivity contribution in [3.05, 3.63) is 102 Å². The van der Waals surface area contributed by atoms with Crippen LogP contribution in [0.25, 0.3) is 0 Å². The van der Waals surface area contributed by atoms with Gasteiger partial charge in [-0.25, -0.2) is 14.8 Å². The number of nitrogens with one attached hydrogen (secondary N) is 10. The molecule has 5 heterocycles. The zero-order valence-corrected chi connectivity index (χ0v) is 55.1. The Morgan fingerprint density at radius 2 is 1.02 bits per heavy atom. The van der Waals surface area contributed by atoms with E-state index in [9.17, 15) is 78.0 Å². The van der Waals surface area contributed by atoms with Gasteiger partial charge in [0.1, 0.15) is 72.2 Å². The molecule has 0 spiro atoms. The second-order valence-electron chi connectivity index (χ2n) is 24.6. The SMILES string of the molecule is CSCC[C@H](NC(=O)[C@@H]1CCCN1C(=O)[C@H](CO)NC(=O)[C@H](Cc1cnc[nH]1)NC(=O)[C@H](Cc1ccccc1)NC(=O)[C@H](Cc1ccc(O)cc1)NC(=O)[C@@H](N)CO)C(=O)N[C@@H](Cc1cnc[nH]1)C(=O)N1CCC[C@H]1C(=O)NCC(=O)N[C@@H](CC(C)C)C(=O)N1CCC[C@H]1C(=O)O. The minimum atomic E-state index is -1.69. The van der Waals surface area contributed by atoms with Crippen molar-refractivity contribution < 1.29 is 78.0 Å².